The molecule has 0 unspecified atom stereocenters. The zero-order valence-corrected chi connectivity index (χ0v) is 18.7. The number of benzene rings is 2. The van der Waals surface area contributed by atoms with Crippen LogP contribution < -0.4 is 15.8 Å². The molecule has 4 aromatic rings. The fourth-order valence-electron chi connectivity index (χ4n) is 4.36. The van der Waals surface area contributed by atoms with Crippen molar-refractivity contribution in [1.29, 1.82) is 5.26 Å². The van der Waals surface area contributed by atoms with Gasteiger partial charge in [-0.3, -0.25) is 0 Å². The number of anilines is 2. The summed E-state index contributed by atoms with van der Waals surface area (Å²) in [4.78, 5) is 8.22. The molecule has 0 amide bonds. The fourth-order valence-corrected chi connectivity index (χ4v) is 4.36. The Kier molecular flexibility index (Phi) is 5.35. The number of nitriles is 1. The Labute approximate surface area is 192 Å². The van der Waals surface area contributed by atoms with Gasteiger partial charge < -0.3 is 20.4 Å². The molecule has 2 heterocycles. The van der Waals surface area contributed by atoms with Crippen LogP contribution in [0.1, 0.15) is 44.7 Å². The Morgan fingerprint density at radius 3 is 2.52 bits per heavy atom. The summed E-state index contributed by atoms with van der Waals surface area (Å²) in [5, 5.41) is 14.5. The monoisotopic (exact) mass is 438 g/mol. The molecule has 1 fully saturated rings. The van der Waals surface area contributed by atoms with Crippen LogP contribution in [0.5, 0.6) is 11.6 Å². The Morgan fingerprint density at radius 2 is 1.88 bits per heavy atom. The van der Waals surface area contributed by atoms with Gasteiger partial charge in [0.2, 0.25) is 0 Å². The molecule has 0 bridgehead atoms. The van der Waals surface area contributed by atoms with Crippen LogP contribution in [0, 0.1) is 11.3 Å². The summed E-state index contributed by atoms with van der Waals surface area (Å²) >= 11 is 0. The molecule has 1 aliphatic carbocycles. The van der Waals surface area contributed by atoms with Crippen LogP contribution in [-0.4, -0.2) is 20.6 Å². The maximum atomic E-state index is 10.1. The number of nitrogens with one attached hydrogen (secondary N) is 1. The van der Waals surface area contributed by atoms with Crippen LogP contribution in [0.4, 0.5) is 11.5 Å². The highest BCUT2D eigenvalue weighted by Crippen LogP contribution is 2.43. The van der Waals surface area contributed by atoms with E-state index in [1.54, 1.807) is 6.20 Å². The Bertz CT molecular complexity index is 1350. The van der Waals surface area contributed by atoms with E-state index in [0.29, 0.717) is 23.4 Å². The minimum Gasteiger partial charge on any atom is -0.436 e. The van der Waals surface area contributed by atoms with E-state index in [0.717, 1.165) is 40.7 Å². The first-order valence-electron chi connectivity index (χ1n) is 11.2. The number of nitrogens with zero attached hydrogens (tertiary/aromatic N) is 4. The highest BCUT2D eigenvalue weighted by atomic mass is 16.5. The summed E-state index contributed by atoms with van der Waals surface area (Å²) < 4.78 is 8.26. The van der Waals surface area contributed by atoms with Crippen LogP contribution in [0.15, 0.2) is 54.9 Å². The second-order valence-corrected chi connectivity index (χ2v) is 8.69. The van der Waals surface area contributed by atoms with Gasteiger partial charge >= 0.3 is 0 Å². The summed E-state index contributed by atoms with van der Waals surface area (Å²) in [5.74, 6) is 1.12. The predicted molar refractivity (Wildman–Crippen MR) is 130 cm³/mol. The lowest BCUT2D eigenvalue weighted by Gasteiger charge is -2.30. The van der Waals surface area contributed by atoms with Gasteiger partial charge in [-0.15, -0.1) is 0 Å². The molecule has 5 rings (SSSR count). The van der Waals surface area contributed by atoms with E-state index in [4.69, 9.17) is 10.5 Å². The van der Waals surface area contributed by atoms with Crippen molar-refractivity contribution in [1.82, 2.24) is 14.5 Å². The number of hydrogen-bond donors (Lipinski definition) is 2. The molecule has 0 aliphatic heterocycles. The van der Waals surface area contributed by atoms with Gasteiger partial charge in [-0.1, -0.05) is 12.1 Å². The highest BCUT2D eigenvalue weighted by Gasteiger charge is 2.28. The van der Waals surface area contributed by atoms with Crippen LogP contribution in [-0.2, 0) is 0 Å². The van der Waals surface area contributed by atoms with Crippen LogP contribution in [0.3, 0.4) is 0 Å². The van der Waals surface area contributed by atoms with Gasteiger partial charge in [0.05, 0.1) is 16.8 Å². The highest BCUT2D eigenvalue weighted by molar-refractivity contribution is 5.95. The van der Waals surface area contributed by atoms with Crippen molar-refractivity contribution < 1.29 is 4.74 Å². The van der Waals surface area contributed by atoms with Crippen molar-refractivity contribution in [2.24, 2.45) is 0 Å². The molecule has 1 aliphatic rings. The molecule has 3 N–H and O–H groups in total. The van der Waals surface area contributed by atoms with Crippen molar-refractivity contribution in [3.05, 3.63) is 60.4 Å². The third-order valence-electron chi connectivity index (χ3n) is 6.05. The molecule has 2 aromatic carbocycles. The van der Waals surface area contributed by atoms with Crippen LogP contribution in [0.2, 0.25) is 0 Å². The zero-order chi connectivity index (χ0) is 22.9. The lowest BCUT2D eigenvalue weighted by atomic mass is 9.92. The summed E-state index contributed by atoms with van der Waals surface area (Å²) in [5.41, 5.74) is 10.6. The van der Waals surface area contributed by atoms with Crippen molar-refractivity contribution in [3.63, 3.8) is 0 Å². The topological polar surface area (TPSA) is 102 Å². The van der Waals surface area contributed by atoms with Crippen LogP contribution >= 0.6 is 0 Å². The number of ether oxygens (including phenoxy) is 1. The standard InChI is InChI=1S/C26H26N6O/c1-16(2)31-18-8-6-17(7-9-18)24-22(15-27)21-11-10-20(33-26-25(28)29-12-13-30-26)14-23(21)32(24)19-4-3-5-19/h6-14,16,19,31H,3-5H2,1-2H3,(H2,28,29). The number of nitrogen functional groups attached to an aromatic ring is 1. The van der Waals surface area contributed by atoms with E-state index in [9.17, 15) is 5.26 Å². The maximum absolute atomic E-state index is 10.1. The normalized spacial score (nSPS) is 13.6. The third kappa shape index (κ3) is 3.85. The predicted octanol–water partition coefficient (Wildman–Crippen LogP) is 5.89. The minimum absolute atomic E-state index is 0.237. The van der Waals surface area contributed by atoms with Crippen molar-refractivity contribution >= 4 is 22.4 Å². The van der Waals surface area contributed by atoms with Gasteiger partial charge in [0.15, 0.2) is 5.82 Å². The number of aromatic nitrogens is 3. The minimum atomic E-state index is 0.237. The Hall–Kier alpha value is -4.05. The van der Waals surface area contributed by atoms with E-state index in [2.05, 4.69) is 64.0 Å². The average Bonchev–Trinajstić information content (AvgIpc) is 3.08. The molecule has 0 saturated heterocycles. The van der Waals surface area contributed by atoms with Crippen molar-refractivity contribution in [2.75, 3.05) is 11.1 Å². The second kappa shape index (κ2) is 8.47. The summed E-state index contributed by atoms with van der Waals surface area (Å²) in [7, 11) is 0. The largest absolute Gasteiger partial charge is 0.436 e. The zero-order valence-electron chi connectivity index (χ0n) is 18.7. The molecule has 2 aromatic heterocycles. The molecule has 7 nitrogen and oxygen atoms in total. The van der Waals surface area contributed by atoms with Gasteiger partial charge in [0.25, 0.3) is 5.88 Å². The van der Waals surface area contributed by atoms with Crippen LogP contribution in [0.25, 0.3) is 22.2 Å². The molecule has 7 heteroatoms. The van der Waals surface area contributed by atoms with Gasteiger partial charge in [-0.05, 0) is 62.9 Å². The fraction of sp³-hybridized carbons (Fsp3) is 0.269. The van der Waals surface area contributed by atoms with Gasteiger partial charge in [-0.2, -0.15) is 5.26 Å². The Balaban J connectivity index is 1.64. The van der Waals surface area contributed by atoms with Gasteiger partial charge in [0, 0.05) is 41.6 Å². The average molecular weight is 439 g/mol. The van der Waals surface area contributed by atoms with E-state index in [1.807, 2.05) is 18.2 Å². The quantitative estimate of drug-likeness (QED) is 0.389. The summed E-state index contributed by atoms with van der Waals surface area (Å²) in [6, 6.07) is 17.3. The molecular weight excluding hydrogens is 412 g/mol. The third-order valence-corrected chi connectivity index (χ3v) is 6.05. The van der Waals surface area contributed by atoms with Gasteiger partial charge in [0.1, 0.15) is 11.8 Å². The smallest absolute Gasteiger partial charge is 0.262 e. The molecule has 0 radical (unpaired) electrons. The van der Waals surface area contributed by atoms with Crippen molar-refractivity contribution in [2.45, 2.75) is 45.2 Å². The SMILES string of the molecule is CC(C)Nc1ccc(-c2c(C#N)c3ccc(Oc4nccnc4N)cc3n2C2CCC2)cc1. The van der Waals surface area contributed by atoms with E-state index in [1.165, 1.54) is 12.6 Å². The Morgan fingerprint density at radius 1 is 1.12 bits per heavy atom. The van der Waals surface area contributed by atoms with E-state index in [-0.39, 0.29) is 11.7 Å². The van der Waals surface area contributed by atoms with Gasteiger partial charge in [-0.25, -0.2) is 9.97 Å². The number of fused-ring (bicyclic) bond motifs is 1. The van der Waals surface area contributed by atoms with E-state index < -0.39 is 0 Å². The number of nitrogens with two attached hydrogens (primary N) is 1. The first kappa shape index (κ1) is 20.8. The molecule has 0 spiro atoms. The molecule has 1 saturated carbocycles. The van der Waals surface area contributed by atoms with E-state index >= 15 is 0 Å². The first-order valence-corrected chi connectivity index (χ1v) is 11.2. The first-order chi connectivity index (χ1) is 16.0. The number of hydrogen-bond acceptors (Lipinski definition) is 6. The van der Waals surface area contributed by atoms with Crippen molar-refractivity contribution in [3.8, 4) is 29.0 Å². The second-order valence-electron chi connectivity index (χ2n) is 8.69. The lowest BCUT2D eigenvalue weighted by molar-refractivity contribution is 0.324. The number of rotatable bonds is 6. The maximum Gasteiger partial charge on any atom is 0.262 e. The molecule has 33 heavy (non-hydrogen) atoms. The lowest BCUT2D eigenvalue weighted by Crippen LogP contribution is -2.17. The molecule has 0 atom stereocenters. The molecular formula is C26H26N6O. The summed E-state index contributed by atoms with van der Waals surface area (Å²) in [6.45, 7) is 4.23. The molecule has 166 valence electrons. The summed E-state index contributed by atoms with van der Waals surface area (Å²) in [6.07, 6.45) is 6.45.